The van der Waals surface area contributed by atoms with Crippen molar-refractivity contribution in [2.75, 3.05) is 20.2 Å². The Morgan fingerprint density at radius 1 is 1.45 bits per heavy atom. The number of aliphatic hydroxyl groups is 1. The molecule has 0 aliphatic rings. The Hall–Kier alpha value is -2.35. The lowest BCUT2D eigenvalue weighted by Gasteiger charge is -2.18. The standard InChI is InChI=1S/C12H16N2O6/c1-14(11(17)9-3-2-6-20-9)7-10(16)13-8(4-5-15)12(18)19/h2-3,6,8,15H,4-5,7H2,1H3,(H,13,16)(H,18,19)/t8-/m1/s1. The fourth-order valence-electron chi connectivity index (χ4n) is 1.50. The number of carbonyl (C=O) groups excluding carboxylic acids is 2. The number of aliphatic carboxylic acids is 1. The number of carboxylic acids is 1. The second-order valence-electron chi connectivity index (χ2n) is 4.11. The zero-order valence-corrected chi connectivity index (χ0v) is 10.9. The number of carbonyl (C=O) groups is 3. The number of furan rings is 1. The van der Waals surface area contributed by atoms with Crippen LogP contribution < -0.4 is 5.32 Å². The summed E-state index contributed by atoms with van der Waals surface area (Å²) in [5, 5.41) is 19.8. The van der Waals surface area contributed by atoms with E-state index < -0.39 is 23.8 Å². The van der Waals surface area contributed by atoms with Gasteiger partial charge in [-0.05, 0) is 12.1 Å². The van der Waals surface area contributed by atoms with Crippen molar-refractivity contribution >= 4 is 17.8 Å². The van der Waals surface area contributed by atoms with Crippen molar-refractivity contribution in [3.8, 4) is 0 Å². The average Bonchev–Trinajstić information content (AvgIpc) is 2.90. The molecular weight excluding hydrogens is 268 g/mol. The van der Waals surface area contributed by atoms with E-state index in [0.717, 1.165) is 4.90 Å². The van der Waals surface area contributed by atoms with Crippen molar-refractivity contribution < 1.29 is 29.0 Å². The summed E-state index contributed by atoms with van der Waals surface area (Å²) in [5.74, 6) is -2.27. The molecule has 0 aliphatic carbocycles. The van der Waals surface area contributed by atoms with Crippen LogP contribution in [0.5, 0.6) is 0 Å². The Balaban J connectivity index is 2.53. The van der Waals surface area contributed by atoms with E-state index in [1.165, 1.54) is 19.4 Å². The van der Waals surface area contributed by atoms with Crippen LogP contribution in [0, 0.1) is 0 Å². The van der Waals surface area contributed by atoms with Crippen molar-refractivity contribution in [2.24, 2.45) is 0 Å². The van der Waals surface area contributed by atoms with Gasteiger partial charge in [-0.1, -0.05) is 0 Å². The molecule has 0 radical (unpaired) electrons. The number of hydrogen-bond donors (Lipinski definition) is 3. The van der Waals surface area contributed by atoms with Gasteiger partial charge in [0.2, 0.25) is 5.91 Å². The van der Waals surface area contributed by atoms with Gasteiger partial charge >= 0.3 is 5.97 Å². The number of nitrogens with zero attached hydrogens (tertiary/aromatic N) is 1. The average molecular weight is 284 g/mol. The Labute approximate surface area is 115 Å². The second-order valence-corrected chi connectivity index (χ2v) is 4.11. The predicted octanol–water partition coefficient (Wildman–Crippen LogP) is -0.697. The summed E-state index contributed by atoms with van der Waals surface area (Å²) in [5.41, 5.74) is 0. The van der Waals surface area contributed by atoms with Gasteiger partial charge in [-0.25, -0.2) is 4.79 Å². The topological polar surface area (TPSA) is 120 Å². The predicted molar refractivity (Wildman–Crippen MR) is 66.9 cm³/mol. The van der Waals surface area contributed by atoms with Crippen molar-refractivity contribution in [1.29, 1.82) is 0 Å². The first-order valence-corrected chi connectivity index (χ1v) is 5.87. The zero-order chi connectivity index (χ0) is 15.1. The fraction of sp³-hybridized carbons (Fsp3) is 0.417. The summed E-state index contributed by atoms with van der Waals surface area (Å²) < 4.78 is 4.91. The van der Waals surface area contributed by atoms with E-state index in [1.807, 2.05) is 0 Å². The number of carboxylic acid groups (broad SMARTS) is 1. The highest BCUT2D eigenvalue weighted by atomic mass is 16.4. The van der Waals surface area contributed by atoms with Gasteiger partial charge in [0.05, 0.1) is 12.8 Å². The minimum atomic E-state index is -1.24. The van der Waals surface area contributed by atoms with Gasteiger partial charge in [-0.3, -0.25) is 9.59 Å². The number of nitrogens with one attached hydrogen (secondary N) is 1. The van der Waals surface area contributed by atoms with E-state index in [9.17, 15) is 14.4 Å². The molecule has 1 aromatic rings. The Kier molecular flexibility index (Phi) is 5.73. The molecule has 0 bridgehead atoms. The molecular formula is C12H16N2O6. The van der Waals surface area contributed by atoms with E-state index in [4.69, 9.17) is 14.6 Å². The molecule has 1 atom stereocenters. The van der Waals surface area contributed by atoms with Gasteiger partial charge in [0, 0.05) is 20.1 Å². The molecule has 1 rings (SSSR count). The Bertz CT molecular complexity index is 470. The lowest BCUT2D eigenvalue weighted by Crippen LogP contribution is -2.46. The maximum atomic E-state index is 11.8. The molecule has 0 aliphatic heterocycles. The molecule has 0 saturated carbocycles. The molecule has 0 unspecified atom stereocenters. The first-order valence-electron chi connectivity index (χ1n) is 5.87. The van der Waals surface area contributed by atoms with Crippen LogP contribution in [0.25, 0.3) is 0 Å². The van der Waals surface area contributed by atoms with Crippen LogP contribution in [0.3, 0.4) is 0 Å². The van der Waals surface area contributed by atoms with E-state index in [2.05, 4.69) is 5.32 Å². The van der Waals surface area contributed by atoms with Gasteiger partial charge in [0.1, 0.15) is 6.04 Å². The van der Waals surface area contributed by atoms with Gasteiger partial charge in [-0.15, -0.1) is 0 Å². The van der Waals surface area contributed by atoms with Crippen LogP contribution in [0.1, 0.15) is 17.0 Å². The molecule has 8 nitrogen and oxygen atoms in total. The van der Waals surface area contributed by atoms with Crippen molar-refractivity contribution in [1.82, 2.24) is 10.2 Å². The van der Waals surface area contributed by atoms with E-state index in [1.54, 1.807) is 6.07 Å². The van der Waals surface area contributed by atoms with Crippen molar-refractivity contribution in [3.63, 3.8) is 0 Å². The fourth-order valence-corrected chi connectivity index (χ4v) is 1.50. The minimum absolute atomic E-state index is 0.0884. The summed E-state index contributed by atoms with van der Waals surface area (Å²) in [6.45, 7) is -0.673. The normalized spacial score (nSPS) is 11.7. The second kappa shape index (κ2) is 7.29. The molecule has 0 spiro atoms. The van der Waals surface area contributed by atoms with Gasteiger partial charge in [0.25, 0.3) is 5.91 Å². The summed E-state index contributed by atoms with van der Waals surface area (Å²) in [6, 6.07) is 1.82. The van der Waals surface area contributed by atoms with Crippen LogP contribution in [0.2, 0.25) is 0 Å². The van der Waals surface area contributed by atoms with Gasteiger partial charge in [0.15, 0.2) is 5.76 Å². The number of likely N-dealkylation sites (N-methyl/N-ethyl adjacent to an activating group) is 1. The molecule has 2 amide bonds. The van der Waals surface area contributed by atoms with Crippen LogP contribution in [0.15, 0.2) is 22.8 Å². The first-order chi connectivity index (χ1) is 9.45. The SMILES string of the molecule is CN(CC(=O)N[C@H](CCO)C(=O)O)C(=O)c1ccco1. The molecule has 110 valence electrons. The number of amides is 2. The highest BCUT2D eigenvalue weighted by Gasteiger charge is 2.22. The molecule has 1 aromatic heterocycles. The summed E-state index contributed by atoms with van der Waals surface area (Å²) in [6.07, 6.45) is 1.24. The molecule has 3 N–H and O–H groups in total. The third-order valence-electron chi connectivity index (χ3n) is 2.51. The summed E-state index contributed by atoms with van der Waals surface area (Å²) in [7, 11) is 1.40. The van der Waals surface area contributed by atoms with Crippen LogP contribution in [-0.4, -0.2) is 59.1 Å². The molecule has 0 fully saturated rings. The highest BCUT2D eigenvalue weighted by Crippen LogP contribution is 2.03. The lowest BCUT2D eigenvalue weighted by molar-refractivity contribution is -0.142. The van der Waals surface area contributed by atoms with Crippen LogP contribution in [-0.2, 0) is 9.59 Å². The van der Waals surface area contributed by atoms with Crippen molar-refractivity contribution in [2.45, 2.75) is 12.5 Å². The largest absolute Gasteiger partial charge is 0.480 e. The Morgan fingerprint density at radius 2 is 2.15 bits per heavy atom. The molecule has 0 aromatic carbocycles. The monoisotopic (exact) mass is 284 g/mol. The molecule has 8 heteroatoms. The van der Waals surface area contributed by atoms with Crippen LogP contribution >= 0.6 is 0 Å². The van der Waals surface area contributed by atoms with E-state index >= 15 is 0 Å². The minimum Gasteiger partial charge on any atom is -0.480 e. The third-order valence-corrected chi connectivity index (χ3v) is 2.51. The molecule has 20 heavy (non-hydrogen) atoms. The molecule has 0 saturated heterocycles. The molecule has 1 heterocycles. The quantitative estimate of drug-likeness (QED) is 0.609. The van der Waals surface area contributed by atoms with E-state index in [0.29, 0.717) is 0 Å². The maximum absolute atomic E-state index is 11.8. The number of hydrogen-bond acceptors (Lipinski definition) is 5. The zero-order valence-electron chi connectivity index (χ0n) is 10.9. The third kappa shape index (κ3) is 4.39. The first kappa shape index (κ1) is 15.7. The van der Waals surface area contributed by atoms with Gasteiger partial charge < -0.3 is 24.8 Å². The van der Waals surface area contributed by atoms with Crippen LogP contribution in [0.4, 0.5) is 0 Å². The Morgan fingerprint density at radius 3 is 2.65 bits per heavy atom. The smallest absolute Gasteiger partial charge is 0.326 e. The number of rotatable bonds is 7. The highest BCUT2D eigenvalue weighted by molar-refractivity contribution is 5.94. The summed E-state index contributed by atoms with van der Waals surface area (Å²) in [4.78, 5) is 35.3. The lowest BCUT2D eigenvalue weighted by atomic mass is 10.2. The van der Waals surface area contributed by atoms with E-state index in [-0.39, 0.29) is 25.3 Å². The summed E-state index contributed by atoms with van der Waals surface area (Å²) >= 11 is 0. The van der Waals surface area contributed by atoms with Crippen molar-refractivity contribution in [3.05, 3.63) is 24.2 Å². The number of aliphatic hydroxyl groups excluding tert-OH is 1. The van der Waals surface area contributed by atoms with Gasteiger partial charge in [-0.2, -0.15) is 0 Å². The maximum Gasteiger partial charge on any atom is 0.326 e.